The molecule has 0 aliphatic carbocycles. The lowest BCUT2D eigenvalue weighted by molar-refractivity contribution is 0.0854. The number of oxime groups is 1. The SMILES string of the molecule is COc1ccc(C2=NO[C@H](Cc3ccccc3OC)C2)cc1. The highest BCUT2D eigenvalue weighted by molar-refractivity contribution is 6.01. The minimum atomic E-state index is 0.0494. The van der Waals surface area contributed by atoms with Crippen LogP contribution >= 0.6 is 0 Å². The normalized spacial score (nSPS) is 16.8. The molecule has 0 bridgehead atoms. The Balaban J connectivity index is 1.66. The summed E-state index contributed by atoms with van der Waals surface area (Å²) >= 11 is 0. The van der Waals surface area contributed by atoms with Gasteiger partial charge in [0, 0.05) is 12.8 Å². The van der Waals surface area contributed by atoms with Crippen LogP contribution in [-0.2, 0) is 11.3 Å². The number of hydrogen-bond acceptors (Lipinski definition) is 4. The molecule has 0 radical (unpaired) electrons. The molecule has 0 saturated heterocycles. The number of rotatable bonds is 5. The fourth-order valence-corrected chi connectivity index (χ4v) is 2.61. The van der Waals surface area contributed by atoms with E-state index < -0.39 is 0 Å². The highest BCUT2D eigenvalue weighted by atomic mass is 16.6. The molecule has 2 aromatic rings. The molecule has 1 aliphatic heterocycles. The van der Waals surface area contributed by atoms with Crippen LogP contribution in [-0.4, -0.2) is 26.0 Å². The summed E-state index contributed by atoms with van der Waals surface area (Å²) in [5.74, 6) is 1.73. The van der Waals surface area contributed by atoms with Crippen LogP contribution < -0.4 is 9.47 Å². The fourth-order valence-electron chi connectivity index (χ4n) is 2.61. The third-order valence-electron chi connectivity index (χ3n) is 3.80. The number of benzene rings is 2. The number of para-hydroxylation sites is 1. The van der Waals surface area contributed by atoms with Crippen LogP contribution in [0, 0.1) is 0 Å². The summed E-state index contributed by atoms with van der Waals surface area (Å²) in [5.41, 5.74) is 3.19. The molecule has 1 heterocycles. The fraction of sp³-hybridized carbons (Fsp3) is 0.278. The van der Waals surface area contributed by atoms with E-state index in [-0.39, 0.29) is 6.10 Å². The van der Waals surface area contributed by atoms with Crippen molar-refractivity contribution >= 4 is 5.71 Å². The van der Waals surface area contributed by atoms with Gasteiger partial charge in [0.05, 0.1) is 19.9 Å². The Kier molecular flexibility index (Phi) is 4.28. The molecule has 0 amide bonds. The van der Waals surface area contributed by atoms with Crippen molar-refractivity contribution in [2.24, 2.45) is 5.16 Å². The molecular weight excluding hydrogens is 278 g/mol. The van der Waals surface area contributed by atoms with Crippen LogP contribution in [0.4, 0.5) is 0 Å². The van der Waals surface area contributed by atoms with E-state index in [1.54, 1.807) is 14.2 Å². The molecule has 1 atom stereocenters. The molecule has 0 spiro atoms. The van der Waals surface area contributed by atoms with Crippen LogP contribution in [0.2, 0.25) is 0 Å². The van der Waals surface area contributed by atoms with Gasteiger partial charge in [0.1, 0.15) is 17.6 Å². The van der Waals surface area contributed by atoms with Gasteiger partial charge in [-0.15, -0.1) is 0 Å². The molecule has 0 fully saturated rings. The summed E-state index contributed by atoms with van der Waals surface area (Å²) in [4.78, 5) is 5.58. The van der Waals surface area contributed by atoms with Crippen LogP contribution in [0.15, 0.2) is 53.7 Å². The van der Waals surface area contributed by atoms with Crippen LogP contribution in [0.1, 0.15) is 17.5 Å². The van der Waals surface area contributed by atoms with Crippen molar-refractivity contribution < 1.29 is 14.3 Å². The molecule has 0 aromatic heterocycles. The van der Waals surface area contributed by atoms with Crippen molar-refractivity contribution in [1.29, 1.82) is 0 Å². The summed E-state index contributed by atoms with van der Waals surface area (Å²) < 4.78 is 10.6. The molecule has 0 saturated carbocycles. The number of hydrogen-bond donors (Lipinski definition) is 0. The molecule has 1 aliphatic rings. The topological polar surface area (TPSA) is 40.0 Å². The maximum atomic E-state index is 5.58. The first-order valence-electron chi connectivity index (χ1n) is 7.29. The minimum Gasteiger partial charge on any atom is -0.497 e. The zero-order chi connectivity index (χ0) is 15.4. The molecule has 0 unspecified atom stereocenters. The first kappa shape index (κ1) is 14.4. The zero-order valence-electron chi connectivity index (χ0n) is 12.8. The number of ether oxygens (including phenoxy) is 2. The molecule has 114 valence electrons. The Bertz CT molecular complexity index is 664. The molecular formula is C18H19NO3. The zero-order valence-corrected chi connectivity index (χ0v) is 12.8. The number of methoxy groups -OCH3 is 2. The van der Waals surface area contributed by atoms with Gasteiger partial charge in [-0.1, -0.05) is 23.4 Å². The summed E-state index contributed by atoms with van der Waals surface area (Å²) in [6.07, 6.45) is 1.63. The molecule has 4 heteroatoms. The van der Waals surface area contributed by atoms with E-state index in [1.165, 1.54) is 0 Å². The van der Waals surface area contributed by atoms with E-state index in [1.807, 2.05) is 42.5 Å². The molecule has 0 N–H and O–H groups in total. The lowest BCUT2D eigenvalue weighted by Crippen LogP contribution is -2.12. The third kappa shape index (κ3) is 3.06. The van der Waals surface area contributed by atoms with Crippen molar-refractivity contribution in [2.45, 2.75) is 18.9 Å². The van der Waals surface area contributed by atoms with E-state index >= 15 is 0 Å². The smallest absolute Gasteiger partial charge is 0.137 e. The van der Waals surface area contributed by atoms with Gasteiger partial charge >= 0.3 is 0 Å². The van der Waals surface area contributed by atoms with Gasteiger partial charge in [0.2, 0.25) is 0 Å². The van der Waals surface area contributed by atoms with Crippen molar-refractivity contribution in [3.63, 3.8) is 0 Å². The van der Waals surface area contributed by atoms with Crippen LogP contribution in [0.25, 0.3) is 0 Å². The first-order valence-corrected chi connectivity index (χ1v) is 7.29. The van der Waals surface area contributed by atoms with Gasteiger partial charge in [0.25, 0.3) is 0 Å². The maximum absolute atomic E-state index is 5.58. The van der Waals surface area contributed by atoms with Gasteiger partial charge in [-0.3, -0.25) is 0 Å². The molecule has 2 aromatic carbocycles. The summed E-state index contributed by atoms with van der Waals surface area (Å²) in [7, 11) is 3.35. The van der Waals surface area contributed by atoms with Gasteiger partial charge in [0.15, 0.2) is 0 Å². The predicted molar refractivity (Wildman–Crippen MR) is 85.7 cm³/mol. The second kappa shape index (κ2) is 6.52. The van der Waals surface area contributed by atoms with Crippen molar-refractivity contribution in [3.8, 4) is 11.5 Å². The van der Waals surface area contributed by atoms with Gasteiger partial charge in [-0.05, 0) is 41.5 Å². The van der Waals surface area contributed by atoms with E-state index in [2.05, 4.69) is 11.2 Å². The average molecular weight is 297 g/mol. The lowest BCUT2D eigenvalue weighted by atomic mass is 10.00. The highest BCUT2D eigenvalue weighted by Crippen LogP contribution is 2.25. The van der Waals surface area contributed by atoms with Crippen LogP contribution in [0.5, 0.6) is 11.5 Å². The van der Waals surface area contributed by atoms with Gasteiger partial charge in [-0.2, -0.15) is 0 Å². The standard InChI is InChI=1S/C18H19NO3/c1-20-15-9-7-13(8-10-15)17-12-16(22-19-17)11-14-5-3-4-6-18(14)21-2/h3-10,16H,11-12H2,1-2H3/t16-/m1/s1. The van der Waals surface area contributed by atoms with E-state index in [0.717, 1.165) is 41.2 Å². The summed E-state index contributed by atoms with van der Waals surface area (Å²) in [6, 6.07) is 15.9. The second-order valence-electron chi connectivity index (χ2n) is 5.21. The number of nitrogens with zero attached hydrogens (tertiary/aromatic N) is 1. The molecule has 3 rings (SSSR count). The van der Waals surface area contributed by atoms with Crippen LogP contribution in [0.3, 0.4) is 0 Å². The molecule has 22 heavy (non-hydrogen) atoms. The highest BCUT2D eigenvalue weighted by Gasteiger charge is 2.23. The van der Waals surface area contributed by atoms with E-state index in [4.69, 9.17) is 14.3 Å². The van der Waals surface area contributed by atoms with Gasteiger partial charge < -0.3 is 14.3 Å². The van der Waals surface area contributed by atoms with Crippen molar-refractivity contribution in [1.82, 2.24) is 0 Å². The Morgan fingerprint density at radius 2 is 1.82 bits per heavy atom. The first-order chi connectivity index (χ1) is 10.8. The van der Waals surface area contributed by atoms with Crippen molar-refractivity contribution in [2.75, 3.05) is 14.2 Å². The Morgan fingerprint density at radius 1 is 1.05 bits per heavy atom. The van der Waals surface area contributed by atoms with E-state index in [9.17, 15) is 0 Å². The van der Waals surface area contributed by atoms with Gasteiger partial charge in [-0.25, -0.2) is 0 Å². The second-order valence-corrected chi connectivity index (χ2v) is 5.21. The quantitative estimate of drug-likeness (QED) is 0.848. The maximum Gasteiger partial charge on any atom is 0.137 e. The largest absolute Gasteiger partial charge is 0.497 e. The lowest BCUT2D eigenvalue weighted by Gasteiger charge is -2.11. The summed E-state index contributed by atoms with van der Waals surface area (Å²) in [5, 5.41) is 4.23. The predicted octanol–water partition coefficient (Wildman–Crippen LogP) is 3.44. The van der Waals surface area contributed by atoms with E-state index in [0.29, 0.717) is 0 Å². The monoisotopic (exact) mass is 297 g/mol. The minimum absolute atomic E-state index is 0.0494. The Morgan fingerprint density at radius 3 is 2.55 bits per heavy atom. The summed E-state index contributed by atoms with van der Waals surface area (Å²) in [6.45, 7) is 0. The average Bonchev–Trinajstić information content (AvgIpc) is 3.04. The Hall–Kier alpha value is -2.49. The third-order valence-corrected chi connectivity index (χ3v) is 3.80. The Labute approximate surface area is 130 Å². The molecule has 4 nitrogen and oxygen atoms in total. The van der Waals surface area contributed by atoms with Crippen molar-refractivity contribution in [3.05, 3.63) is 59.7 Å².